The van der Waals surface area contributed by atoms with Crippen LogP contribution in [0.15, 0.2) is 24.4 Å². The number of methoxy groups -OCH3 is 1. The highest BCUT2D eigenvalue weighted by atomic mass is 19.2. The van der Waals surface area contributed by atoms with Gasteiger partial charge in [-0.05, 0) is 27.0 Å². The Labute approximate surface area is 122 Å². The summed E-state index contributed by atoms with van der Waals surface area (Å²) in [5, 5.41) is 7.28. The fourth-order valence-corrected chi connectivity index (χ4v) is 2.38. The number of benzene rings is 1. The summed E-state index contributed by atoms with van der Waals surface area (Å²) in [7, 11) is 3.21. The van der Waals surface area contributed by atoms with Crippen LogP contribution in [0.2, 0.25) is 0 Å². The Morgan fingerprint density at radius 2 is 2.00 bits per heavy atom. The van der Waals surface area contributed by atoms with E-state index in [-0.39, 0.29) is 11.6 Å². The van der Waals surface area contributed by atoms with E-state index < -0.39 is 17.7 Å². The molecule has 0 bridgehead atoms. The molecule has 1 aromatic carbocycles. The largest absolute Gasteiger partial charge is 0.493 e. The van der Waals surface area contributed by atoms with Crippen LogP contribution in [0.25, 0.3) is 0 Å². The number of nitrogens with one attached hydrogen (secondary N) is 1. The molecular formula is C15H19F2N3O. The molecule has 0 spiro atoms. The molecule has 21 heavy (non-hydrogen) atoms. The molecule has 0 aliphatic heterocycles. The molecule has 1 heterocycles. The molecule has 1 N–H and O–H groups in total. The van der Waals surface area contributed by atoms with Gasteiger partial charge in [0.05, 0.1) is 19.3 Å². The third-order valence-electron chi connectivity index (χ3n) is 3.36. The summed E-state index contributed by atoms with van der Waals surface area (Å²) < 4.78 is 34.7. The number of halogens is 2. The van der Waals surface area contributed by atoms with Crippen molar-refractivity contribution in [2.45, 2.75) is 25.9 Å². The monoisotopic (exact) mass is 295 g/mol. The fourth-order valence-electron chi connectivity index (χ4n) is 2.38. The van der Waals surface area contributed by atoms with Crippen molar-refractivity contribution in [1.29, 1.82) is 0 Å². The zero-order valence-electron chi connectivity index (χ0n) is 12.5. The number of aromatic nitrogens is 2. The summed E-state index contributed by atoms with van der Waals surface area (Å²) in [5.74, 6) is -1.20. The highest BCUT2D eigenvalue weighted by Crippen LogP contribution is 2.33. The van der Waals surface area contributed by atoms with Crippen LogP contribution in [0.3, 0.4) is 0 Å². The Bertz CT molecular complexity index is 625. The van der Waals surface area contributed by atoms with Gasteiger partial charge >= 0.3 is 0 Å². The Kier molecular flexibility index (Phi) is 4.57. The van der Waals surface area contributed by atoms with Gasteiger partial charge in [0.15, 0.2) is 17.4 Å². The number of rotatable bonds is 5. The zero-order valence-corrected chi connectivity index (χ0v) is 12.5. The van der Waals surface area contributed by atoms with E-state index in [1.165, 1.54) is 13.2 Å². The molecule has 6 heteroatoms. The maximum atomic E-state index is 14.1. The van der Waals surface area contributed by atoms with Gasteiger partial charge < -0.3 is 10.1 Å². The molecule has 2 aromatic rings. The maximum absolute atomic E-state index is 14.1. The van der Waals surface area contributed by atoms with Gasteiger partial charge in [-0.3, -0.25) is 4.68 Å². The molecule has 1 aromatic heterocycles. The van der Waals surface area contributed by atoms with Crippen LogP contribution in [0.1, 0.15) is 37.2 Å². The number of nitrogens with zero attached hydrogens (tertiary/aromatic N) is 2. The van der Waals surface area contributed by atoms with Gasteiger partial charge in [0.1, 0.15) is 5.69 Å². The second-order valence-electron chi connectivity index (χ2n) is 5.00. The van der Waals surface area contributed by atoms with Gasteiger partial charge in [-0.1, -0.05) is 12.1 Å². The Morgan fingerprint density at radius 3 is 2.57 bits per heavy atom. The van der Waals surface area contributed by atoms with E-state index in [2.05, 4.69) is 10.4 Å². The lowest BCUT2D eigenvalue weighted by Gasteiger charge is -2.22. The van der Waals surface area contributed by atoms with Crippen LogP contribution >= 0.6 is 0 Å². The van der Waals surface area contributed by atoms with Crippen LogP contribution in [0, 0.1) is 11.6 Å². The minimum atomic E-state index is -0.873. The molecule has 0 radical (unpaired) electrons. The second-order valence-corrected chi connectivity index (χ2v) is 5.00. The molecule has 2 rings (SSSR count). The van der Waals surface area contributed by atoms with Gasteiger partial charge in [-0.2, -0.15) is 5.10 Å². The predicted octanol–water partition coefficient (Wildman–Crippen LogP) is 3.06. The first kappa shape index (κ1) is 15.4. The van der Waals surface area contributed by atoms with Gasteiger partial charge in [-0.15, -0.1) is 0 Å². The minimum Gasteiger partial charge on any atom is -0.493 e. The molecule has 1 unspecified atom stereocenters. The SMILES string of the molecule is CNC(c1cccc(F)c1F)c1c(OC)cnn1C(C)C. The average Bonchev–Trinajstić information content (AvgIpc) is 2.88. The topological polar surface area (TPSA) is 39.1 Å². The third kappa shape index (κ3) is 2.76. The van der Waals surface area contributed by atoms with Crippen molar-refractivity contribution in [3.05, 3.63) is 47.3 Å². The summed E-state index contributed by atoms with van der Waals surface area (Å²) in [6.45, 7) is 3.93. The Balaban J connectivity index is 2.61. The average molecular weight is 295 g/mol. The highest BCUT2D eigenvalue weighted by Gasteiger charge is 2.26. The lowest BCUT2D eigenvalue weighted by atomic mass is 10.0. The highest BCUT2D eigenvalue weighted by molar-refractivity contribution is 5.37. The zero-order chi connectivity index (χ0) is 15.6. The van der Waals surface area contributed by atoms with Crippen LogP contribution in [-0.2, 0) is 0 Å². The molecule has 0 aliphatic rings. The van der Waals surface area contributed by atoms with Crippen molar-refractivity contribution in [2.24, 2.45) is 0 Å². The second kappa shape index (κ2) is 6.22. The molecule has 0 amide bonds. The molecule has 114 valence electrons. The van der Waals surface area contributed by atoms with Gasteiger partial charge in [0, 0.05) is 11.6 Å². The number of ether oxygens (including phenoxy) is 1. The van der Waals surface area contributed by atoms with E-state index in [0.29, 0.717) is 11.4 Å². The summed E-state index contributed by atoms with van der Waals surface area (Å²) in [5.41, 5.74) is 0.887. The molecular weight excluding hydrogens is 276 g/mol. The molecule has 4 nitrogen and oxygen atoms in total. The quantitative estimate of drug-likeness (QED) is 0.921. The first-order valence-corrected chi connectivity index (χ1v) is 6.73. The molecule has 0 fully saturated rings. The van der Waals surface area contributed by atoms with Crippen molar-refractivity contribution in [2.75, 3.05) is 14.2 Å². The Morgan fingerprint density at radius 1 is 1.29 bits per heavy atom. The van der Waals surface area contributed by atoms with Crippen molar-refractivity contribution in [3.63, 3.8) is 0 Å². The summed E-state index contributed by atoms with van der Waals surface area (Å²) in [4.78, 5) is 0. The lowest BCUT2D eigenvalue weighted by molar-refractivity contribution is 0.393. The van der Waals surface area contributed by atoms with E-state index in [9.17, 15) is 8.78 Å². The van der Waals surface area contributed by atoms with Gasteiger partial charge in [0.2, 0.25) is 0 Å². The van der Waals surface area contributed by atoms with Crippen molar-refractivity contribution in [3.8, 4) is 5.75 Å². The molecule has 1 atom stereocenters. The molecule has 0 saturated carbocycles. The molecule has 0 aliphatic carbocycles. The standard InChI is InChI=1S/C15H19F2N3O/c1-9(2)20-15(12(21-4)8-19-20)14(18-3)10-6-5-7-11(16)13(10)17/h5-9,14,18H,1-4H3. The normalized spacial score (nSPS) is 12.7. The molecule has 0 saturated heterocycles. The van der Waals surface area contributed by atoms with Crippen LogP contribution in [0.4, 0.5) is 8.78 Å². The predicted molar refractivity (Wildman–Crippen MR) is 76.4 cm³/mol. The van der Waals surface area contributed by atoms with Gasteiger partial charge in [0.25, 0.3) is 0 Å². The van der Waals surface area contributed by atoms with E-state index in [0.717, 1.165) is 6.07 Å². The van der Waals surface area contributed by atoms with Crippen molar-refractivity contribution < 1.29 is 13.5 Å². The van der Waals surface area contributed by atoms with Crippen LogP contribution < -0.4 is 10.1 Å². The number of hydrogen-bond acceptors (Lipinski definition) is 3. The first-order valence-electron chi connectivity index (χ1n) is 6.73. The fraction of sp³-hybridized carbons (Fsp3) is 0.400. The van der Waals surface area contributed by atoms with Crippen LogP contribution in [-0.4, -0.2) is 23.9 Å². The van der Waals surface area contributed by atoms with E-state index in [1.54, 1.807) is 24.0 Å². The summed E-state index contributed by atoms with van der Waals surface area (Å²) in [6, 6.07) is 3.65. The maximum Gasteiger partial charge on any atom is 0.163 e. The summed E-state index contributed by atoms with van der Waals surface area (Å²) >= 11 is 0. The third-order valence-corrected chi connectivity index (χ3v) is 3.36. The number of hydrogen-bond donors (Lipinski definition) is 1. The minimum absolute atomic E-state index is 0.0661. The lowest BCUT2D eigenvalue weighted by Crippen LogP contribution is -2.24. The van der Waals surface area contributed by atoms with Crippen molar-refractivity contribution >= 4 is 0 Å². The first-order chi connectivity index (χ1) is 10.0. The van der Waals surface area contributed by atoms with Crippen LogP contribution in [0.5, 0.6) is 5.75 Å². The Hall–Kier alpha value is -1.95. The van der Waals surface area contributed by atoms with Crippen molar-refractivity contribution in [1.82, 2.24) is 15.1 Å². The van der Waals surface area contributed by atoms with E-state index in [4.69, 9.17) is 4.74 Å². The van der Waals surface area contributed by atoms with E-state index >= 15 is 0 Å². The van der Waals surface area contributed by atoms with Gasteiger partial charge in [-0.25, -0.2) is 8.78 Å². The van der Waals surface area contributed by atoms with E-state index in [1.807, 2.05) is 13.8 Å². The smallest absolute Gasteiger partial charge is 0.163 e. The summed E-state index contributed by atoms with van der Waals surface area (Å²) in [6.07, 6.45) is 1.58.